The lowest BCUT2D eigenvalue weighted by Gasteiger charge is -2.26. The summed E-state index contributed by atoms with van der Waals surface area (Å²) in [5.41, 5.74) is 0. The number of hydrogen-bond donors (Lipinski definition) is 0. The number of nitrogens with zero attached hydrogens (tertiary/aromatic N) is 2. The molecule has 0 bridgehead atoms. The molecular weight excluding hydrogens is 256 g/mol. The van der Waals surface area contributed by atoms with Gasteiger partial charge in [0.2, 0.25) is 0 Å². The van der Waals surface area contributed by atoms with E-state index in [0.717, 1.165) is 16.6 Å². The molecule has 3 nitrogen and oxygen atoms in total. The number of aromatic nitrogens is 1. The summed E-state index contributed by atoms with van der Waals surface area (Å²) >= 11 is 3.37. The predicted octanol–water partition coefficient (Wildman–Crippen LogP) is 2.26. The summed E-state index contributed by atoms with van der Waals surface area (Å²) < 4.78 is 0.922. The monoisotopic (exact) mass is 264 g/mol. The van der Waals surface area contributed by atoms with Gasteiger partial charge in [0.1, 0.15) is 18.1 Å². The van der Waals surface area contributed by atoms with Gasteiger partial charge < -0.3 is 9.69 Å². The van der Waals surface area contributed by atoms with E-state index >= 15 is 0 Å². The smallest absolute Gasteiger partial charge is 0.146 e. The first-order valence-electron chi connectivity index (χ1n) is 4.51. The second-order valence-corrected chi connectivity index (χ2v) is 4.01. The number of anilines is 1. The zero-order valence-corrected chi connectivity index (χ0v) is 9.46. The van der Waals surface area contributed by atoms with Gasteiger partial charge in [-0.25, -0.2) is 4.98 Å². The van der Waals surface area contributed by atoms with Gasteiger partial charge in [0, 0.05) is 16.9 Å². The van der Waals surface area contributed by atoms with Crippen LogP contribution in [0.4, 0.5) is 5.82 Å². The van der Waals surface area contributed by atoms with E-state index in [2.05, 4.69) is 20.9 Å². The number of hydrogen-bond acceptors (Lipinski definition) is 3. The van der Waals surface area contributed by atoms with Crippen LogP contribution in [0, 0.1) is 0 Å². The van der Waals surface area contributed by atoms with Crippen molar-refractivity contribution in [1.29, 1.82) is 0 Å². The van der Waals surface area contributed by atoms with Gasteiger partial charge in [-0.1, -0.05) is 12.1 Å². The van der Waals surface area contributed by atoms with E-state index in [9.17, 15) is 4.79 Å². The number of halogens is 1. The third-order valence-corrected chi connectivity index (χ3v) is 2.56. The number of rotatable bonds is 2. The molecule has 1 aromatic rings. The van der Waals surface area contributed by atoms with E-state index in [1.807, 2.05) is 41.5 Å². The van der Waals surface area contributed by atoms with E-state index in [0.29, 0.717) is 0 Å². The summed E-state index contributed by atoms with van der Waals surface area (Å²) in [6.45, 7) is 0. The van der Waals surface area contributed by atoms with Crippen LogP contribution < -0.4 is 4.90 Å². The molecule has 0 saturated carbocycles. The molecule has 0 fully saturated rings. The summed E-state index contributed by atoms with van der Waals surface area (Å²) in [7, 11) is 0. The maximum atomic E-state index is 10.9. The predicted molar refractivity (Wildman–Crippen MR) is 62.7 cm³/mol. The van der Waals surface area contributed by atoms with Crippen LogP contribution in [-0.2, 0) is 4.79 Å². The van der Waals surface area contributed by atoms with Crippen molar-refractivity contribution in [2.24, 2.45) is 0 Å². The highest BCUT2D eigenvalue weighted by molar-refractivity contribution is 9.11. The fourth-order valence-electron chi connectivity index (χ4n) is 1.38. The van der Waals surface area contributed by atoms with Crippen LogP contribution in [0.5, 0.6) is 0 Å². The fourth-order valence-corrected chi connectivity index (χ4v) is 1.75. The highest BCUT2D eigenvalue weighted by Crippen LogP contribution is 2.22. The van der Waals surface area contributed by atoms with Crippen molar-refractivity contribution in [3.8, 4) is 0 Å². The molecule has 0 radical (unpaired) electrons. The van der Waals surface area contributed by atoms with E-state index in [1.165, 1.54) is 0 Å². The Morgan fingerprint density at radius 2 is 2.33 bits per heavy atom. The zero-order valence-electron chi connectivity index (χ0n) is 7.88. The second-order valence-electron chi connectivity index (χ2n) is 3.09. The highest BCUT2D eigenvalue weighted by Gasteiger charge is 2.17. The van der Waals surface area contributed by atoms with Crippen molar-refractivity contribution in [3.63, 3.8) is 0 Å². The van der Waals surface area contributed by atoms with Crippen LogP contribution in [0.15, 0.2) is 47.2 Å². The molecule has 1 aromatic heterocycles. The molecule has 0 aromatic carbocycles. The Morgan fingerprint density at radius 1 is 1.47 bits per heavy atom. The van der Waals surface area contributed by atoms with E-state index in [4.69, 9.17) is 0 Å². The van der Waals surface area contributed by atoms with Gasteiger partial charge in [-0.05, 0) is 34.1 Å². The van der Waals surface area contributed by atoms with Gasteiger partial charge >= 0.3 is 0 Å². The van der Waals surface area contributed by atoms with Crippen molar-refractivity contribution in [2.75, 3.05) is 4.90 Å². The minimum atomic E-state index is -0.277. The van der Waals surface area contributed by atoms with E-state index < -0.39 is 0 Å². The summed E-state index contributed by atoms with van der Waals surface area (Å²) in [5.74, 6) is 0.760. The van der Waals surface area contributed by atoms with Crippen molar-refractivity contribution in [1.82, 2.24) is 4.98 Å². The molecule has 1 aliphatic rings. The fraction of sp³-hybridized carbons (Fsp3) is 0.0909. The Balaban J connectivity index is 2.35. The molecule has 2 heterocycles. The first-order chi connectivity index (χ1) is 7.31. The molecule has 1 unspecified atom stereocenters. The Hall–Kier alpha value is -1.42. The molecule has 0 spiro atoms. The molecule has 15 heavy (non-hydrogen) atoms. The first-order valence-corrected chi connectivity index (χ1v) is 5.31. The maximum Gasteiger partial charge on any atom is 0.146 e. The highest BCUT2D eigenvalue weighted by atomic mass is 79.9. The molecule has 0 N–H and O–H groups in total. The van der Waals surface area contributed by atoms with Gasteiger partial charge in [0.15, 0.2) is 0 Å². The summed E-state index contributed by atoms with van der Waals surface area (Å²) in [6, 6.07) is 5.33. The number of allylic oxidation sites excluding steroid dienone is 2. The van der Waals surface area contributed by atoms with E-state index in [-0.39, 0.29) is 6.04 Å². The maximum absolute atomic E-state index is 10.9. The summed E-state index contributed by atoms with van der Waals surface area (Å²) in [6.07, 6.45) is 8.13. The van der Waals surface area contributed by atoms with Crippen molar-refractivity contribution in [3.05, 3.63) is 47.2 Å². The number of carbonyl (C=O) groups excluding carboxylic acids is 1. The average Bonchev–Trinajstić information content (AvgIpc) is 2.30. The molecule has 0 saturated heterocycles. The largest absolute Gasteiger partial charge is 0.318 e. The topological polar surface area (TPSA) is 33.2 Å². The van der Waals surface area contributed by atoms with Crippen LogP contribution in [0.2, 0.25) is 0 Å². The van der Waals surface area contributed by atoms with Gasteiger partial charge in [-0.2, -0.15) is 0 Å². The Morgan fingerprint density at radius 3 is 3.00 bits per heavy atom. The van der Waals surface area contributed by atoms with Gasteiger partial charge in [0.25, 0.3) is 0 Å². The number of aldehydes is 1. The zero-order chi connectivity index (χ0) is 10.7. The Kier molecular flexibility index (Phi) is 2.97. The first kappa shape index (κ1) is 10.1. The second kappa shape index (κ2) is 4.40. The van der Waals surface area contributed by atoms with Crippen LogP contribution in [-0.4, -0.2) is 17.3 Å². The Bertz CT molecular complexity index is 414. The van der Waals surface area contributed by atoms with E-state index in [1.54, 1.807) is 6.20 Å². The van der Waals surface area contributed by atoms with Crippen LogP contribution in [0.3, 0.4) is 0 Å². The average molecular weight is 265 g/mol. The molecule has 2 rings (SSSR count). The minimum absolute atomic E-state index is 0.277. The van der Waals surface area contributed by atoms with Gasteiger partial charge in [-0.3, -0.25) is 0 Å². The van der Waals surface area contributed by atoms with Crippen LogP contribution in [0.1, 0.15) is 0 Å². The molecule has 0 aliphatic carbocycles. The third kappa shape index (κ3) is 2.15. The van der Waals surface area contributed by atoms with Crippen molar-refractivity contribution < 1.29 is 4.79 Å². The molecule has 0 amide bonds. The summed E-state index contributed by atoms with van der Waals surface area (Å²) in [4.78, 5) is 16.9. The lowest BCUT2D eigenvalue weighted by Crippen LogP contribution is -2.32. The van der Waals surface area contributed by atoms with Crippen LogP contribution >= 0.6 is 15.9 Å². The standard InChI is InChI=1S/C11H9BrN2O/c12-9-4-5-10(8-15)14(7-9)11-3-1-2-6-13-11/h1-8,10H. The third-order valence-electron chi connectivity index (χ3n) is 2.09. The van der Waals surface area contributed by atoms with Crippen molar-refractivity contribution in [2.45, 2.75) is 6.04 Å². The molecule has 76 valence electrons. The number of pyridine rings is 1. The summed E-state index contributed by atoms with van der Waals surface area (Å²) in [5, 5.41) is 0. The van der Waals surface area contributed by atoms with Crippen molar-refractivity contribution >= 4 is 28.0 Å². The van der Waals surface area contributed by atoms with Crippen LogP contribution in [0.25, 0.3) is 0 Å². The number of carbonyl (C=O) groups is 1. The molecule has 4 heteroatoms. The quantitative estimate of drug-likeness (QED) is 0.769. The minimum Gasteiger partial charge on any atom is -0.318 e. The SMILES string of the molecule is O=CC1C=CC(Br)=CN1c1ccccn1. The normalized spacial score (nSPS) is 19.9. The molecular formula is C11H9BrN2O. The molecule has 1 atom stereocenters. The lowest BCUT2D eigenvalue weighted by molar-refractivity contribution is -0.108. The van der Waals surface area contributed by atoms with Gasteiger partial charge in [0.05, 0.1) is 0 Å². The van der Waals surface area contributed by atoms with Gasteiger partial charge in [-0.15, -0.1) is 0 Å². The molecule has 1 aliphatic heterocycles. The Labute approximate surface area is 96.2 Å². The lowest BCUT2D eigenvalue weighted by atomic mass is 10.2.